The summed E-state index contributed by atoms with van der Waals surface area (Å²) >= 11 is 0. The van der Waals surface area contributed by atoms with Gasteiger partial charge in [-0.3, -0.25) is 9.47 Å². The Bertz CT molecular complexity index is 552. The van der Waals surface area contributed by atoms with Crippen LogP contribution in [0.25, 0.3) is 11.2 Å². The second-order valence-corrected chi connectivity index (χ2v) is 3.63. The summed E-state index contributed by atoms with van der Waals surface area (Å²) in [5, 5.41) is 8.93. The lowest BCUT2D eigenvalue weighted by atomic mass is 10.1. The number of hydrogen-bond donors (Lipinski definition) is 1. The molecule has 1 atom stereocenters. The van der Waals surface area contributed by atoms with Crippen molar-refractivity contribution in [1.29, 1.82) is 0 Å². The van der Waals surface area contributed by atoms with E-state index in [4.69, 9.17) is 5.11 Å². The SMILES string of the molecule is O=C(O)N1CCC1n1cnc2cncnc21. The van der Waals surface area contributed by atoms with Gasteiger partial charge >= 0.3 is 6.09 Å². The predicted molar refractivity (Wildman–Crippen MR) is 53.7 cm³/mol. The third-order valence-corrected chi connectivity index (χ3v) is 2.79. The molecule has 1 fully saturated rings. The van der Waals surface area contributed by atoms with Crippen molar-refractivity contribution in [2.24, 2.45) is 0 Å². The van der Waals surface area contributed by atoms with Crippen LogP contribution in [0.1, 0.15) is 12.6 Å². The zero-order valence-corrected chi connectivity index (χ0v) is 8.32. The van der Waals surface area contributed by atoms with Crippen LogP contribution in [0.3, 0.4) is 0 Å². The molecule has 2 aromatic heterocycles. The summed E-state index contributed by atoms with van der Waals surface area (Å²) < 4.78 is 1.77. The molecule has 1 N–H and O–H groups in total. The molecule has 0 aliphatic carbocycles. The molecule has 1 unspecified atom stereocenters. The fourth-order valence-corrected chi connectivity index (χ4v) is 1.89. The largest absolute Gasteiger partial charge is 0.465 e. The average Bonchev–Trinajstić information content (AvgIpc) is 2.60. The molecule has 1 saturated heterocycles. The molecule has 16 heavy (non-hydrogen) atoms. The molecule has 2 aromatic rings. The van der Waals surface area contributed by atoms with E-state index in [1.54, 1.807) is 17.1 Å². The van der Waals surface area contributed by atoms with E-state index in [9.17, 15) is 4.79 Å². The molecule has 0 spiro atoms. The van der Waals surface area contributed by atoms with Gasteiger partial charge in [-0.1, -0.05) is 0 Å². The van der Waals surface area contributed by atoms with Gasteiger partial charge in [-0.05, 0) is 0 Å². The van der Waals surface area contributed by atoms with Gasteiger partial charge in [-0.15, -0.1) is 0 Å². The van der Waals surface area contributed by atoms with E-state index in [0.717, 1.165) is 6.42 Å². The average molecular weight is 219 g/mol. The van der Waals surface area contributed by atoms with Crippen LogP contribution in [0.4, 0.5) is 4.79 Å². The first kappa shape index (κ1) is 9.08. The maximum absolute atomic E-state index is 10.9. The van der Waals surface area contributed by atoms with Crippen molar-refractivity contribution >= 4 is 17.3 Å². The number of carbonyl (C=O) groups is 1. The van der Waals surface area contributed by atoms with Crippen LogP contribution in [0, 0.1) is 0 Å². The van der Waals surface area contributed by atoms with Gasteiger partial charge < -0.3 is 5.11 Å². The van der Waals surface area contributed by atoms with Crippen LogP contribution in [-0.2, 0) is 0 Å². The molecule has 7 heteroatoms. The normalized spacial score (nSPS) is 19.8. The van der Waals surface area contributed by atoms with Gasteiger partial charge in [0.05, 0.1) is 12.5 Å². The van der Waals surface area contributed by atoms with Crippen molar-refractivity contribution in [3.05, 3.63) is 18.9 Å². The minimum atomic E-state index is -0.910. The topological polar surface area (TPSA) is 84.1 Å². The molecule has 1 aliphatic heterocycles. The van der Waals surface area contributed by atoms with E-state index in [1.807, 2.05) is 0 Å². The highest BCUT2D eigenvalue weighted by Gasteiger charge is 2.34. The second-order valence-electron chi connectivity index (χ2n) is 3.63. The zero-order valence-electron chi connectivity index (χ0n) is 8.32. The maximum atomic E-state index is 10.9. The molecular weight excluding hydrogens is 210 g/mol. The lowest BCUT2D eigenvalue weighted by molar-refractivity contribution is 0.0417. The number of imidazole rings is 1. The van der Waals surface area contributed by atoms with Crippen molar-refractivity contribution < 1.29 is 9.90 Å². The standard InChI is InChI=1S/C9H9N5O2/c15-9(16)13-2-1-7(13)14-5-12-6-3-10-4-11-8(6)14/h3-5,7H,1-2H2,(H,15,16). The van der Waals surface area contributed by atoms with Gasteiger partial charge in [0, 0.05) is 13.0 Å². The summed E-state index contributed by atoms with van der Waals surface area (Å²) in [6, 6.07) is 0. The van der Waals surface area contributed by atoms with E-state index in [1.165, 1.54) is 11.2 Å². The van der Waals surface area contributed by atoms with Crippen LogP contribution in [-0.4, -0.2) is 42.2 Å². The number of likely N-dealkylation sites (tertiary alicyclic amines) is 1. The third kappa shape index (κ3) is 1.14. The molecule has 0 aromatic carbocycles. The van der Waals surface area contributed by atoms with Gasteiger partial charge in [-0.25, -0.2) is 19.7 Å². The minimum Gasteiger partial charge on any atom is -0.465 e. The first-order valence-electron chi connectivity index (χ1n) is 4.89. The molecule has 1 amide bonds. The lowest BCUT2D eigenvalue weighted by Crippen LogP contribution is -2.47. The molecule has 0 bridgehead atoms. The quantitative estimate of drug-likeness (QED) is 0.763. The number of fused-ring (bicyclic) bond motifs is 1. The lowest BCUT2D eigenvalue weighted by Gasteiger charge is -2.39. The Hall–Kier alpha value is -2.18. The first-order valence-corrected chi connectivity index (χ1v) is 4.89. The van der Waals surface area contributed by atoms with Crippen LogP contribution >= 0.6 is 0 Å². The summed E-state index contributed by atoms with van der Waals surface area (Å²) in [4.78, 5) is 24.4. The number of amides is 1. The number of hydrogen-bond acceptors (Lipinski definition) is 4. The minimum absolute atomic E-state index is 0.183. The van der Waals surface area contributed by atoms with Crippen LogP contribution in [0.5, 0.6) is 0 Å². The van der Waals surface area contributed by atoms with Gasteiger partial charge in [0.25, 0.3) is 0 Å². The molecular formula is C9H9N5O2. The maximum Gasteiger partial charge on any atom is 0.408 e. The number of rotatable bonds is 1. The Morgan fingerprint density at radius 2 is 2.38 bits per heavy atom. The fraction of sp³-hybridized carbons (Fsp3) is 0.333. The highest BCUT2D eigenvalue weighted by molar-refractivity contribution is 5.70. The van der Waals surface area contributed by atoms with Gasteiger partial charge in [0.15, 0.2) is 5.65 Å². The van der Waals surface area contributed by atoms with Crippen molar-refractivity contribution in [3.63, 3.8) is 0 Å². The Morgan fingerprint density at radius 1 is 1.50 bits per heavy atom. The molecule has 3 heterocycles. The van der Waals surface area contributed by atoms with Crippen molar-refractivity contribution in [1.82, 2.24) is 24.4 Å². The Labute approximate surface area is 90.4 Å². The summed E-state index contributed by atoms with van der Waals surface area (Å²) in [5.41, 5.74) is 1.35. The van der Waals surface area contributed by atoms with E-state index >= 15 is 0 Å². The Kier molecular flexibility index (Phi) is 1.79. The summed E-state index contributed by atoms with van der Waals surface area (Å²) in [6.45, 7) is 0.560. The van der Waals surface area contributed by atoms with Gasteiger partial charge in [0.2, 0.25) is 0 Å². The molecule has 1 aliphatic rings. The van der Waals surface area contributed by atoms with Crippen LogP contribution < -0.4 is 0 Å². The predicted octanol–water partition coefficient (Wildman–Crippen LogP) is 0.709. The molecule has 0 radical (unpaired) electrons. The first-order chi connectivity index (χ1) is 7.77. The Balaban J connectivity index is 2.03. The molecule has 7 nitrogen and oxygen atoms in total. The smallest absolute Gasteiger partial charge is 0.408 e. The summed E-state index contributed by atoms with van der Waals surface area (Å²) in [5.74, 6) is 0. The number of aromatic nitrogens is 4. The number of nitrogens with zero attached hydrogens (tertiary/aromatic N) is 5. The third-order valence-electron chi connectivity index (χ3n) is 2.79. The van der Waals surface area contributed by atoms with Crippen LogP contribution in [0.15, 0.2) is 18.9 Å². The highest BCUT2D eigenvalue weighted by Crippen LogP contribution is 2.29. The summed E-state index contributed by atoms with van der Waals surface area (Å²) in [6.07, 6.45) is 4.36. The molecule has 0 saturated carbocycles. The van der Waals surface area contributed by atoms with Gasteiger partial charge in [-0.2, -0.15) is 0 Å². The van der Waals surface area contributed by atoms with Crippen molar-refractivity contribution in [2.45, 2.75) is 12.6 Å². The van der Waals surface area contributed by atoms with E-state index in [-0.39, 0.29) is 6.17 Å². The summed E-state index contributed by atoms with van der Waals surface area (Å²) in [7, 11) is 0. The molecule has 3 rings (SSSR count). The zero-order chi connectivity index (χ0) is 11.1. The Morgan fingerprint density at radius 3 is 3.06 bits per heavy atom. The van der Waals surface area contributed by atoms with Crippen molar-refractivity contribution in [3.8, 4) is 0 Å². The second kappa shape index (κ2) is 3.16. The van der Waals surface area contributed by atoms with E-state index < -0.39 is 6.09 Å². The highest BCUT2D eigenvalue weighted by atomic mass is 16.4. The monoisotopic (exact) mass is 219 g/mol. The van der Waals surface area contributed by atoms with Gasteiger partial charge in [0.1, 0.15) is 18.0 Å². The number of carboxylic acid groups (broad SMARTS) is 1. The van der Waals surface area contributed by atoms with E-state index in [0.29, 0.717) is 17.7 Å². The fourth-order valence-electron chi connectivity index (χ4n) is 1.89. The van der Waals surface area contributed by atoms with Crippen LogP contribution in [0.2, 0.25) is 0 Å². The molecule has 82 valence electrons. The van der Waals surface area contributed by atoms with Crippen molar-refractivity contribution in [2.75, 3.05) is 6.54 Å². The van der Waals surface area contributed by atoms with E-state index in [2.05, 4.69) is 15.0 Å².